The van der Waals surface area contributed by atoms with Gasteiger partial charge in [0.15, 0.2) is 5.82 Å². The lowest BCUT2D eigenvalue weighted by atomic mass is 10.3. The van der Waals surface area contributed by atoms with Crippen molar-refractivity contribution in [3.63, 3.8) is 0 Å². The second kappa shape index (κ2) is 3.37. The predicted octanol–water partition coefficient (Wildman–Crippen LogP) is 0.824. The van der Waals surface area contributed by atoms with Crippen LogP contribution in [0.4, 0.5) is 5.82 Å². The summed E-state index contributed by atoms with van der Waals surface area (Å²) in [5, 5.41) is 0. The van der Waals surface area contributed by atoms with Crippen LogP contribution in [0.3, 0.4) is 0 Å². The topological polar surface area (TPSA) is 77.6 Å². The van der Waals surface area contributed by atoms with Gasteiger partial charge in [0.05, 0.1) is 0 Å². The van der Waals surface area contributed by atoms with Crippen LogP contribution in [0, 0.1) is 6.92 Å². The van der Waals surface area contributed by atoms with Crippen molar-refractivity contribution in [3.8, 4) is 11.5 Å². The lowest BCUT2D eigenvalue weighted by Gasteiger charge is -2.00. The van der Waals surface area contributed by atoms with Gasteiger partial charge in [0, 0.05) is 18.0 Å². The molecule has 0 atom stereocenters. The zero-order valence-electron chi connectivity index (χ0n) is 7.68. The molecule has 2 heterocycles. The molecular weight excluding hydrogens is 178 g/mol. The van der Waals surface area contributed by atoms with E-state index in [1.165, 1.54) is 6.33 Å². The maximum Gasteiger partial charge on any atom is 0.180 e. The summed E-state index contributed by atoms with van der Waals surface area (Å²) < 4.78 is 0. The van der Waals surface area contributed by atoms with Crippen molar-refractivity contribution in [3.05, 3.63) is 30.4 Å². The van der Waals surface area contributed by atoms with Crippen LogP contribution in [0.15, 0.2) is 24.7 Å². The van der Waals surface area contributed by atoms with Gasteiger partial charge in [-0.25, -0.2) is 19.9 Å². The fourth-order valence-corrected chi connectivity index (χ4v) is 1.13. The molecular formula is C9H9N5. The Morgan fingerprint density at radius 3 is 2.79 bits per heavy atom. The van der Waals surface area contributed by atoms with E-state index in [2.05, 4.69) is 19.9 Å². The third-order valence-corrected chi connectivity index (χ3v) is 1.69. The Hall–Kier alpha value is -2.04. The first-order valence-corrected chi connectivity index (χ1v) is 4.13. The van der Waals surface area contributed by atoms with Gasteiger partial charge in [-0.15, -0.1) is 0 Å². The van der Waals surface area contributed by atoms with E-state index in [-0.39, 0.29) is 0 Å². The first kappa shape index (κ1) is 8.55. The molecule has 0 amide bonds. The molecule has 2 aromatic rings. The second-order valence-corrected chi connectivity index (χ2v) is 2.85. The fraction of sp³-hybridized carbons (Fsp3) is 0.111. The largest absolute Gasteiger partial charge is 0.384 e. The Balaban J connectivity index is 2.52. The number of nitrogen functional groups attached to an aromatic ring is 1. The molecule has 0 aliphatic heterocycles. The molecule has 5 heteroatoms. The predicted molar refractivity (Wildman–Crippen MR) is 52.2 cm³/mol. The van der Waals surface area contributed by atoms with E-state index in [0.717, 1.165) is 5.69 Å². The lowest BCUT2D eigenvalue weighted by molar-refractivity contribution is 1.08. The first-order valence-electron chi connectivity index (χ1n) is 4.13. The highest BCUT2D eigenvalue weighted by molar-refractivity contribution is 5.50. The number of rotatable bonds is 1. The lowest BCUT2D eigenvalue weighted by Crippen LogP contribution is -1.98. The van der Waals surface area contributed by atoms with Gasteiger partial charge in [-0.1, -0.05) is 0 Å². The highest BCUT2D eigenvalue weighted by Gasteiger charge is 2.03. The van der Waals surface area contributed by atoms with Crippen molar-refractivity contribution in [1.29, 1.82) is 0 Å². The Morgan fingerprint density at radius 1 is 1.29 bits per heavy atom. The maximum atomic E-state index is 5.60. The summed E-state index contributed by atoms with van der Waals surface area (Å²) in [4.78, 5) is 16.2. The van der Waals surface area contributed by atoms with E-state index in [0.29, 0.717) is 17.3 Å². The number of hydrogen-bond donors (Lipinski definition) is 1. The molecule has 2 rings (SSSR count). The Kier molecular flexibility index (Phi) is 2.06. The van der Waals surface area contributed by atoms with Crippen molar-refractivity contribution in [2.24, 2.45) is 0 Å². The Bertz CT molecular complexity index is 420. The number of aryl methyl sites for hydroxylation is 1. The fourth-order valence-electron chi connectivity index (χ4n) is 1.13. The van der Waals surface area contributed by atoms with Crippen molar-refractivity contribution in [2.75, 3.05) is 5.73 Å². The summed E-state index contributed by atoms with van der Waals surface area (Å²) in [5.74, 6) is 0.982. The average molecular weight is 187 g/mol. The number of nitrogens with zero attached hydrogens (tertiary/aromatic N) is 4. The molecule has 0 aromatic carbocycles. The van der Waals surface area contributed by atoms with Crippen LogP contribution < -0.4 is 5.73 Å². The number of hydrogen-bond acceptors (Lipinski definition) is 5. The summed E-state index contributed by atoms with van der Waals surface area (Å²) in [5.41, 5.74) is 7.10. The van der Waals surface area contributed by atoms with Crippen LogP contribution in [0.2, 0.25) is 0 Å². The van der Waals surface area contributed by atoms with Gasteiger partial charge < -0.3 is 5.73 Å². The summed E-state index contributed by atoms with van der Waals surface area (Å²) in [6.07, 6.45) is 3.10. The molecule has 0 aliphatic rings. The minimum absolute atomic E-state index is 0.450. The minimum Gasteiger partial charge on any atom is -0.384 e. The van der Waals surface area contributed by atoms with Gasteiger partial charge in [-0.05, 0) is 13.0 Å². The zero-order valence-corrected chi connectivity index (χ0v) is 7.68. The van der Waals surface area contributed by atoms with Crippen LogP contribution in [0.1, 0.15) is 5.69 Å². The SMILES string of the molecule is Cc1cc(N)nc(-c2ccncn2)n1. The highest BCUT2D eigenvalue weighted by Crippen LogP contribution is 2.12. The van der Waals surface area contributed by atoms with E-state index >= 15 is 0 Å². The smallest absolute Gasteiger partial charge is 0.180 e. The number of nitrogens with two attached hydrogens (primary N) is 1. The van der Waals surface area contributed by atoms with E-state index < -0.39 is 0 Å². The monoisotopic (exact) mass is 187 g/mol. The van der Waals surface area contributed by atoms with Crippen molar-refractivity contribution in [1.82, 2.24) is 19.9 Å². The molecule has 70 valence electrons. The van der Waals surface area contributed by atoms with Crippen molar-refractivity contribution < 1.29 is 0 Å². The molecule has 0 radical (unpaired) electrons. The van der Waals surface area contributed by atoms with E-state index in [9.17, 15) is 0 Å². The molecule has 2 N–H and O–H groups in total. The van der Waals surface area contributed by atoms with E-state index in [1.54, 1.807) is 18.3 Å². The molecule has 14 heavy (non-hydrogen) atoms. The first-order chi connectivity index (χ1) is 6.75. The van der Waals surface area contributed by atoms with Crippen LogP contribution in [-0.2, 0) is 0 Å². The van der Waals surface area contributed by atoms with Gasteiger partial charge >= 0.3 is 0 Å². The molecule has 0 fully saturated rings. The molecule has 0 aliphatic carbocycles. The number of anilines is 1. The van der Waals surface area contributed by atoms with E-state index in [1.807, 2.05) is 6.92 Å². The molecule has 2 aromatic heterocycles. The van der Waals surface area contributed by atoms with Gasteiger partial charge in [0.1, 0.15) is 17.8 Å². The molecule has 0 saturated carbocycles. The Morgan fingerprint density at radius 2 is 2.14 bits per heavy atom. The van der Waals surface area contributed by atoms with Gasteiger partial charge in [0.2, 0.25) is 0 Å². The molecule has 0 spiro atoms. The van der Waals surface area contributed by atoms with Gasteiger partial charge in [-0.2, -0.15) is 0 Å². The van der Waals surface area contributed by atoms with Crippen molar-refractivity contribution in [2.45, 2.75) is 6.92 Å². The highest BCUT2D eigenvalue weighted by atomic mass is 15.0. The third kappa shape index (κ3) is 1.66. The minimum atomic E-state index is 0.450. The van der Waals surface area contributed by atoms with Crippen LogP contribution in [0.5, 0.6) is 0 Å². The van der Waals surface area contributed by atoms with Gasteiger partial charge in [0.25, 0.3) is 0 Å². The molecule has 0 bridgehead atoms. The van der Waals surface area contributed by atoms with Crippen LogP contribution >= 0.6 is 0 Å². The van der Waals surface area contributed by atoms with Crippen LogP contribution in [0.25, 0.3) is 11.5 Å². The quantitative estimate of drug-likeness (QED) is 0.715. The normalized spacial score (nSPS) is 10.1. The van der Waals surface area contributed by atoms with Gasteiger partial charge in [-0.3, -0.25) is 0 Å². The molecule has 0 unspecified atom stereocenters. The molecule has 5 nitrogen and oxygen atoms in total. The van der Waals surface area contributed by atoms with Crippen molar-refractivity contribution >= 4 is 5.82 Å². The standard InChI is InChI=1S/C9H9N5/c1-6-4-8(10)14-9(13-6)7-2-3-11-5-12-7/h2-5H,1H3,(H2,10,13,14). The third-order valence-electron chi connectivity index (χ3n) is 1.69. The average Bonchev–Trinajstić information content (AvgIpc) is 2.18. The Labute approximate surface area is 81.1 Å². The zero-order chi connectivity index (χ0) is 9.97. The van der Waals surface area contributed by atoms with E-state index in [4.69, 9.17) is 5.73 Å². The number of aromatic nitrogens is 4. The summed E-state index contributed by atoms with van der Waals surface area (Å²) in [7, 11) is 0. The van der Waals surface area contributed by atoms with Crippen LogP contribution in [-0.4, -0.2) is 19.9 Å². The molecule has 0 saturated heterocycles. The summed E-state index contributed by atoms with van der Waals surface area (Å²) in [6, 6.07) is 3.46. The maximum absolute atomic E-state index is 5.60. The second-order valence-electron chi connectivity index (χ2n) is 2.85. The summed E-state index contributed by atoms with van der Waals surface area (Å²) >= 11 is 0. The summed E-state index contributed by atoms with van der Waals surface area (Å²) in [6.45, 7) is 1.86.